The van der Waals surface area contributed by atoms with Crippen LogP contribution in [-0.2, 0) is 6.42 Å². The SMILES string of the molecule is CCOc1ccc(Br)cc1C(O)Cc1ccc(OC)cc1. The fourth-order valence-corrected chi connectivity index (χ4v) is 2.54. The van der Waals surface area contributed by atoms with Crippen LogP contribution in [0.3, 0.4) is 0 Å². The Morgan fingerprint density at radius 3 is 2.48 bits per heavy atom. The first kappa shape index (κ1) is 15.9. The Balaban J connectivity index is 2.18. The monoisotopic (exact) mass is 350 g/mol. The van der Waals surface area contributed by atoms with Crippen molar-refractivity contribution in [2.45, 2.75) is 19.4 Å². The molecule has 0 aliphatic rings. The number of ether oxygens (including phenoxy) is 2. The van der Waals surface area contributed by atoms with Gasteiger partial charge < -0.3 is 14.6 Å². The van der Waals surface area contributed by atoms with Crippen molar-refractivity contribution in [3.63, 3.8) is 0 Å². The molecule has 0 amide bonds. The average molecular weight is 351 g/mol. The van der Waals surface area contributed by atoms with Crippen LogP contribution in [0.4, 0.5) is 0 Å². The van der Waals surface area contributed by atoms with Crippen molar-refractivity contribution in [3.8, 4) is 11.5 Å². The minimum atomic E-state index is -0.613. The van der Waals surface area contributed by atoms with Gasteiger partial charge in [-0.15, -0.1) is 0 Å². The molecule has 21 heavy (non-hydrogen) atoms. The number of benzene rings is 2. The lowest BCUT2D eigenvalue weighted by atomic mass is 10.0. The molecule has 2 rings (SSSR count). The number of halogens is 1. The quantitative estimate of drug-likeness (QED) is 0.850. The zero-order valence-corrected chi connectivity index (χ0v) is 13.8. The summed E-state index contributed by atoms with van der Waals surface area (Å²) in [4.78, 5) is 0. The molecule has 0 aliphatic carbocycles. The fourth-order valence-electron chi connectivity index (χ4n) is 2.16. The molecular weight excluding hydrogens is 332 g/mol. The van der Waals surface area contributed by atoms with Crippen molar-refractivity contribution in [3.05, 3.63) is 58.1 Å². The molecule has 4 heteroatoms. The highest BCUT2D eigenvalue weighted by Gasteiger charge is 2.15. The number of hydrogen-bond donors (Lipinski definition) is 1. The molecule has 0 fully saturated rings. The Bertz CT molecular complexity index is 581. The summed E-state index contributed by atoms with van der Waals surface area (Å²) in [5, 5.41) is 10.5. The Labute approximate surface area is 133 Å². The van der Waals surface area contributed by atoms with Crippen molar-refractivity contribution >= 4 is 15.9 Å². The third-order valence-corrected chi connectivity index (χ3v) is 3.71. The topological polar surface area (TPSA) is 38.7 Å². The maximum atomic E-state index is 10.5. The normalized spacial score (nSPS) is 12.0. The maximum absolute atomic E-state index is 10.5. The van der Waals surface area contributed by atoms with E-state index in [1.54, 1.807) is 7.11 Å². The van der Waals surface area contributed by atoms with E-state index in [9.17, 15) is 5.11 Å². The number of aliphatic hydroxyl groups excluding tert-OH is 1. The minimum Gasteiger partial charge on any atom is -0.497 e. The van der Waals surface area contributed by atoms with Gasteiger partial charge in [-0.3, -0.25) is 0 Å². The average Bonchev–Trinajstić information content (AvgIpc) is 2.50. The summed E-state index contributed by atoms with van der Waals surface area (Å²) in [6, 6.07) is 13.4. The number of methoxy groups -OCH3 is 1. The molecule has 0 heterocycles. The van der Waals surface area contributed by atoms with Gasteiger partial charge in [0.15, 0.2) is 0 Å². The van der Waals surface area contributed by atoms with Gasteiger partial charge in [-0.1, -0.05) is 28.1 Å². The van der Waals surface area contributed by atoms with E-state index in [1.807, 2.05) is 49.4 Å². The number of hydrogen-bond acceptors (Lipinski definition) is 3. The summed E-state index contributed by atoms with van der Waals surface area (Å²) in [6.07, 6.45) is -0.0852. The molecule has 3 nitrogen and oxygen atoms in total. The summed E-state index contributed by atoms with van der Waals surface area (Å²) in [7, 11) is 1.64. The highest BCUT2D eigenvalue weighted by atomic mass is 79.9. The molecule has 112 valence electrons. The molecule has 1 unspecified atom stereocenters. The lowest BCUT2D eigenvalue weighted by molar-refractivity contribution is 0.172. The second kappa shape index (κ2) is 7.48. The van der Waals surface area contributed by atoms with Gasteiger partial charge in [-0.05, 0) is 42.8 Å². The summed E-state index contributed by atoms with van der Waals surface area (Å²) in [5.41, 5.74) is 1.84. The van der Waals surface area contributed by atoms with E-state index in [2.05, 4.69) is 15.9 Å². The van der Waals surface area contributed by atoms with Crippen LogP contribution in [0, 0.1) is 0 Å². The Hall–Kier alpha value is -1.52. The fraction of sp³-hybridized carbons (Fsp3) is 0.294. The lowest BCUT2D eigenvalue weighted by Gasteiger charge is -2.16. The van der Waals surface area contributed by atoms with Crippen molar-refractivity contribution in [1.29, 1.82) is 0 Å². The molecule has 0 saturated heterocycles. The summed E-state index contributed by atoms with van der Waals surface area (Å²) in [6.45, 7) is 2.51. The van der Waals surface area contributed by atoms with Gasteiger partial charge in [-0.25, -0.2) is 0 Å². The van der Waals surface area contributed by atoms with Gasteiger partial charge in [0.2, 0.25) is 0 Å². The second-order valence-electron chi connectivity index (χ2n) is 4.68. The van der Waals surface area contributed by atoms with Crippen LogP contribution in [-0.4, -0.2) is 18.8 Å². The zero-order valence-electron chi connectivity index (χ0n) is 12.2. The lowest BCUT2D eigenvalue weighted by Crippen LogP contribution is -2.05. The van der Waals surface area contributed by atoms with Crippen LogP contribution in [0.1, 0.15) is 24.2 Å². The van der Waals surface area contributed by atoms with Crippen LogP contribution in [0.25, 0.3) is 0 Å². The summed E-state index contributed by atoms with van der Waals surface area (Å²) in [5.74, 6) is 1.53. The van der Waals surface area contributed by atoms with Gasteiger partial charge >= 0.3 is 0 Å². The molecule has 0 aromatic heterocycles. The Morgan fingerprint density at radius 2 is 1.86 bits per heavy atom. The standard InChI is InChI=1S/C17H19BrO3/c1-3-21-17-9-6-13(18)11-15(17)16(19)10-12-4-7-14(20-2)8-5-12/h4-9,11,16,19H,3,10H2,1-2H3. The van der Waals surface area contributed by atoms with Gasteiger partial charge in [0.1, 0.15) is 11.5 Å². The maximum Gasteiger partial charge on any atom is 0.125 e. The van der Waals surface area contributed by atoms with E-state index < -0.39 is 6.10 Å². The third kappa shape index (κ3) is 4.22. The van der Waals surface area contributed by atoms with E-state index in [1.165, 1.54) is 0 Å². The first-order valence-corrected chi connectivity index (χ1v) is 7.66. The number of aliphatic hydroxyl groups is 1. The summed E-state index contributed by atoms with van der Waals surface area (Å²) < 4.78 is 11.6. The first-order chi connectivity index (χ1) is 10.1. The smallest absolute Gasteiger partial charge is 0.125 e. The van der Waals surface area contributed by atoms with E-state index in [0.717, 1.165) is 27.1 Å². The van der Waals surface area contributed by atoms with Crippen LogP contribution >= 0.6 is 15.9 Å². The van der Waals surface area contributed by atoms with Crippen molar-refractivity contribution in [2.24, 2.45) is 0 Å². The Kier molecular flexibility index (Phi) is 5.65. The molecular formula is C17H19BrO3. The van der Waals surface area contributed by atoms with Crippen molar-refractivity contribution in [1.82, 2.24) is 0 Å². The highest BCUT2D eigenvalue weighted by molar-refractivity contribution is 9.10. The van der Waals surface area contributed by atoms with Crippen LogP contribution in [0.5, 0.6) is 11.5 Å². The van der Waals surface area contributed by atoms with Crippen molar-refractivity contribution < 1.29 is 14.6 Å². The van der Waals surface area contributed by atoms with Crippen molar-refractivity contribution in [2.75, 3.05) is 13.7 Å². The van der Waals surface area contributed by atoms with Crippen LogP contribution in [0.15, 0.2) is 46.9 Å². The van der Waals surface area contributed by atoms with Gasteiger partial charge in [0.25, 0.3) is 0 Å². The van der Waals surface area contributed by atoms with E-state index in [-0.39, 0.29) is 0 Å². The molecule has 2 aromatic carbocycles. The molecule has 0 spiro atoms. The molecule has 0 saturated carbocycles. The molecule has 0 aliphatic heterocycles. The first-order valence-electron chi connectivity index (χ1n) is 6.87. The predicted octanol–water partition coefficient (Wildman–Crippen LogP) is 4.13. The highest BCUT2D eigenvalue weighted by Crippen LogP contribution is 2.31. The third-order valence-electron chi connectivity index (χ3n) is 3.22. The van der Waals surface area contributed by atoms with Crippen LogP contribution in [0.2, 0.25) is 0 Å². The second-order valence-corrected chi connectivity index (χ2v) is 5.60. The predicted molar refractivity (Wildman–Crippen MR) is 87.0 cm³/mol. The largest absolute Gasteiger partial charge is 0.497 e. The molecule has 2 aromatic rings. The Morgan fingerprint density at radius 1 is 1.14 bits per heavy atom. The minimum absolute atomic E-state index is 0.528. The van der Waals surface area contributed by atoms with E-state index in [0.29, 0.717) is 13.0 Å². The van der Waals surface area contributed by atoms with Gasteiger partial charge in [0, 0.05) is 16.5 Å². The zero-order chi connectivity index (χ0) is 15.2. The molecule has 1 N–H and O–H groups in total. The van der Waals surface area contributed by atoms with E-state index in [4.69, 9.17) is 9.47 Å². The molecule has 0 bridgehead atoms. The van der Waals surface area contributed by atoms with Crippen LogP contribution < -0.4 is 9.47 Å². The number of rotatable bonds is 6. The van der Waals surface area contributed by atoms with E-state index >= 15 is 0 Å². The summed E-state index contributed by atoms with van der Waals surface area (Å²) >= 11 is 3.44. The molecule has 0 radical (unpaired) electrons. The van der Waals surface area contributed by atoms with Gasteiger partial charge in [-0.2, -0.15) is 0 Å². The van der Waals surface area contributed by atoms with Gasteiger partial charge in [0.05, 0.1) is 19.8 Å². The molecule has 1 atom stereocenters.